The molecule has 3 fully saturated rings. The van der Waals surface area contributed by atoms with Crippen molar-refractivity contribution in [2.45, 2.75) is 203 Å². The molecule has 21 heteroatoms. The number of hydrogen-bond donors (Lipinski definition) is 8. The van der Waals surface area contributed by atoms with Crippen molar-refractivity contribution in [2.75, 3.05) is 26.2 Å². The van der Waals surface area contributed by atoms with Gasteiger partial charge in [-0.25, -0.2) is 0 Å². The number of Topliss-reactive ketones (excluding diaryl/α,β-unsaturated/α-hetero) is 1. The molecule has 0 aromatic rings. The van der Waals surface area contributed by atoms with E-state index < -0.39 is 115 Å². The van der Waals surface area contributed by atoms with Gasteiger partial charge in [-0.3, -0.25) is 28.8 Å². The summed E-state index contributed by atoms with van der Waals surface area (Å²) in [6, 6.07) is -1.83. The van der Waals surface area contributed by atoms with Crippen LogP contribution in [-0.4, -0.2) is 183 Å². The van der Waals surface area contributed by atoms with E-state index in [4.69, 9.17) is 37.7 Å². The highest BCUT2D eigenvalue weighted by Gasteiger charge is 2.43. The smallest absolute Gasteiger partial charge is 0.304 e. The number of carbonyl (C=O) groups is 6. The summed E-state index contributed by atoms with van der Waals surface area (Å²) in [5.41, 5.74) is 0. The predicted octanol–water partition coefficient (Wildman–Crippen LogP) is -0.205. The van der Waals surface area contributed by atoms with Crippen molar-refractivity contribution in [3.63, 3.8) is 0 Å². The molecule has 0 saturated carbocycles. The number of ketones is 1. The first-order chi connectivity index (χ1) is 30.1. The lowest BCUT2D eigenvalue weighted by atomic mass is 9.70. The monoisotopic (exact) mass is 900 g/mol. The molecule has 3 heterocycles. The van der Waals surface area contributed by atoms with Crippen molar-refractivity contribution >= 4 is 58.9 Å². The molecule has 16 atom stereocenters. The average Bonchev–Trinajstić information content (AvgIpc) is 3.22. The van der Waals surface area contributed by atoms with Crippen molar-refractivity contribution in [1.82, 2.24) is 26.2 Å². The van der Waals surface area contributed by atoms with Gasteiger partial charge in [0.05, 0.1) is 116 Å². The number of hydrogen-bond acceptors (Lipinski definition) is 13. The van der Waals surface area contributed by atoms with E-state index in [1.807, 2.05) is 0 Å². The summed E-state index contributed by atoms with van der Waals surface area (Å²) in [6.07, 6.45) is -1.47. The maximum absolute atomic E-state index is 13.9. The van der Waals surface area contributed by atoms with Crippen molar-refractivity contribution < 1.29 is 63.4 Å². The van der Waals surface area contributed by atoms with Gasteiger partial charge in [0, 0.05) is 33.2 Å². The van der Waals surface area contributed by atoms with Gasteiger partial charge < -0.3 is 60.8 Å². The fourth-order valence-electron chi connectivity index (χ4n) is 9.14. The molecule has 16 unspecified atom stereocenters. The van der Waals surface area contributed by atoms with Gasteiger partial charge in [-0.05, 0) is 96.1 Å². The fraction of sp³-hybridized carbons (Fsp3) is 0.860. The summed E-state index contributed by atoms with van der Waals surface area (Å²) in [7, 11) is 18.8. The first-order valence-electron chi connectivity index (χ1n) is 22.9. The molecule has 6 radical (unpaired) electrons. The lowest BCUT2D eigenvalue weighted by molar-refractivity contribution is -0.142. The van der Waals surface area contributed by atoms with E-state index in [1.165, 1.54) is 25.7 Å². The summed E-state index contributed by atoms with van der Waals surface area (Å²) in [5.74, 6) is -5.91. The minimum atomic E-state index is -1.15. The Morgan fingerprint density at radius 2 is 1.00 bits per heavy atom. The Morgan fingerprint density at radius 3 is 1.39 bits per heavy atom. The predicted molar refractivity (Wildman–Crippen MR) is 239 cm³/mol. The van der Waals surface area contributed by atoms with Gasteiger partial charge in [0.15, 0.2) is 5.78 Å². The third-order valence-electron chi connectivity index (χ3n) is 12.8. The van der Waals surface area contributed by atoms with E-state index in [2.05, 4.69) is 21.3 Å². The van der Waals surface area contributed by atoms with Crippen LogP contribution in [-0.2, 0) is 43.0 Å². The van der Waals surface area contributed by atoms with E-state index in [9.17, 15) is 49.2 Å². The van der Waals surface area contributed by atoms with E-state index in [0.29, 0.717) is 64.3 Å². The molecule has 3 saturated heterocycles. The second kappa shape index (κ2) is 26.9. The average molecular weight is 900 g/mol. The topological polar surface area (TPSA) is 262 Å². The van der Waals surface area contributed by atoms with Crippen molar-refractivity contribution in [1.29, 1.82) is 0 Å². The number of ether oxygens (including phenoxy) is 3. The maximum Gasteiger partial charge on any atom is 0.304 e. The number of nitrogens with one attached hydrogen (secondary N) is 4. The number of aliphatic hydroxyl groups is 3. The van der Waals surface area contributed by atoms with E-state index >= 15 is 0 Å². The van der Waals surface area contributed by atoms with Crippen LogP contribution in [0.5, 0.6) is 0 Å². The third-order valence-corrected chi connectivity index (χ3v) is 12.8. The van der Waals surface area contributed by atoms with Crippen molar-refractivity contribution in [3.8, 4) is 0 Å². The molecule has 4 amide bonds. The highest BCUT2D eigenvalue weighted by Crippen LogP contribution is 2.33. The van der Waals surface area contributed by atoms with E-state index in [0.717, 1.165) is 0 Å². The maximum atomic E-state index is 13.9. The highest BCUT2D eigenvalue weighted by molar-refractivity contribution is 6.13. The third kappa shape index (κ3) is 17.0. The number of carboxylic acid groups (broad SMARTS) is 1. The standard InChI is InChI=1S/C43H72B3N5O13/c1-22-41(59)35(44)38(48-25(4)52)30(62-22)14-8-7-13-28(19-34(57)58)29(55)21-51(18-12-10-16-32-40(50-27(6)54)37(46)43(61)24(3)64-32)33(56)20-47-17-11-9-15-31-39(49-26(5)53)36(45)42(60)23(2)63-31/h22-24,28,30-32,35-43,47,59-61H,7-21H2,1-6H3,(H,48,52)(H,49,53)(H,50,54)(H,57,58). The summed E-state index contributed by atoms with van der Waals surface area (Å²) < 4.78 is 18.0. The summed E-state index contributed by atoms with van der Waals surface area (Å²) in [6.45, 7) is 9.43. The molecule has 356 valence electrons. The quantitative estimate of drug-likeness (QED) is 0.0436. The minimum Gasteiger partial charge on any atom is -0.481 e. The molecule has 18 nitrogen and oxygen atoms in total. The first-order valence-corrected chi connectivity index (χ1v) is 22.9. The summed E-state index contributed by atoms with van der Waals surface area (Å²) in [4.78, 5) is 76.8. The van der Waals surface area contributed by atoms with Crippen LogP contribution in [0.1, 0.15) is 112 Å². The Labute approximate surface area is 382 Å². The van der Waals surface area contributed by atoms with Crippen LogP contribution >= 0.6 is 0 Å². The number of rotatable bonds is 25. The number of carbonyl (C=O) groups excluding carboxylic acids is 5. The number of amides is 4. The van der Waals surface area contributed by atoms with Crippen molar-refractivity contribution in [2.24, 2.45) is 5.92 Å². The zero-order valence-corrected chi connectivity index (χ0v) is 38.5. The Balaban J connectivity index is 1.64. The SMILES string of the molecule is [B]C1C(O)C(C)OC(CCCCNCC(=O)N(CCCCC2OC(C)C(O)C([B])C2NC(C)=O)CC(=O)C(CCCCC2OC(C)C(O)C([B])C2NC(C)=O)CC(=O)O)C1NC(C)=O. The summed E-state index contributed by atoms with van der Waals surface area (Å²) >= 11 is 0. The first kappa shape index (κ1) is 55.3. The number of unbranched alkanes of at least 4 members (excludes halogenated alkanes) is 3. The minimum absolute atomic E-state index is 0.0911. The number of aliphatic hydroxyl groups excluding tert-OH is 3. The van der Waals surface area contributed by atoms with Gasteiger partial charge in [-0.1, -0.05) is 12.8 Å². The normalized spacial score (nSPS) is 33.4. The summed E-state index contributed by atoms with van der Waals surface area (Å²) in [5, 5.41) is 52.6. The Bertz CT molecular complexity index is 1540. The van der Waals surface area contributed by atoms with Crippen LogP contribution in [0.2, 0.25) is 17.5 Å². The molecule has 64 heavy (non-hydrogen) atoms. The molecule has 0 aliphatic carbocycles. The van der Waals surface area contributed by atoms with Gasteiger partial charge in [-0.2, -0.15) is 0 Å². The van der Waals surface area contributed by atoms with Gasteiger partial charge >= 0.3 is 5.97 Å². The second-order valence-electron chi connectivity index (χ2n) is 18.1. The van der Waals surface area contributed by atoms with Crippen LogP contribution in [0.15, 0.2) is 0 Å². The van der Waals surface area contributed by atoms with Gasteiger partial charge in [0.1, 0.15) is 0 Å². The largest absolute Gasteiger partial charge is 0.481 e. The van der Waals surface area contributed by atoms with Crippen LogP contribution in [0, 0.1) is 5.92 Å². The molecule has 3 aliphatic rings. The van der Waals surface area contributed by atoms with E-state index in [-0.39, 0.29) is 49.7 Å². The molecule has 3 rings (SSSR count). The van der Waals surface area contributed by atoms with E-state index in [1.54, 1.807) is 20.8 Å². The molecule has 0 spiro atoms. The molecular formula is C43H72B3N5O13. The number of carboxylic acids is 1. The molecule has 0 aromatic heterocycles. The van der Waals surface area contributed by atoms with Gasteiger partial charge in [-0.15, -0.1) is 0 Å². The number of aliphatic carboxylic acids is 1. The molecule has 3 aliphatic heterocycles. The molecule has 8 N–H and O–H groups in total. The van der Waals surface area contributed by atoms with Crippen LogP contribution in [0.4, 0.5) is 0 Å². The van der Waals surface area contributed by atoms with Crippen molar-refractivity contribution in [3.05, 3.63) is 0 Å². The van der Waals surface area contributed by atoms with Crippen LogP contribution in [0.3, 0.4) is 0 Å². The lowest BCUT2D eigenvalue weighted by Gasteiger charge is -2.43. The molecule has 0 bridgehead atoms. The van der Waals surface area contributed by atoms with Crippen LogP contribution in [0.25, 0.3) is 0 Å². The van der Waals surface area contributed by atoms with Gasteiger partial charge in [0.2, 0.25) is 23.6 Å². The zero-order chi connectivity index (χ0) is 47.8. The second-order valence-corrected chi connectivity index (χ2v) is 18.1. The zero-order valence-electron chi connectivity index (χ0n) is 38.5. The Hall–Kier alpha value is -3.07. The number of nitrogens with zero attached hydrogens (tertiary/aromatic N) is 1. The molecule has 0 aromatic carbocycles. The Morgan fingerprint density at radius 1 is 0.609 bits per heavy atom. The Kier molecular flexibility index (Phi) is 23.2. The highest BCUT2D eigenvalue weighted by atomic mass is 16.5. The van der Waals surface area contributed by atoms with Crippen LogP contribution < -0.4 is 21.3 Å². The molecular weight excluding hydrogens is 827 g/mol. The van der Waals surface area contributed by atoms with Gasteiger partial charge in [0.25, 0.3) is 0 Å². The fourth-order valence-corrected chi connectivity index (χ4v) is 9.14. The lowest BCUT2D eigenvalue weighted by Crippen LogP contribution is -2.57.